The van der Waals surface area contributed by atoms with E-state index < -0.39 is 24.0 Å². The quantitative estimate of drug-likeness (QED) is 0.598. The molecule has 1 atom stereocenters. The molecule has 0 saturated heterocycles. The van der Waals surface area contributed by atoms with Crippen molar-refractivity contribution in [2.75, 3.05) is 12.4 Å². The Bertz CT molecular complexity index is 514. The zero-order valence-electron chi connectivity index (χ0n) is 11.3. The third-order valence-corrected chi connectivity index (χ3v) is 2.60. The van der Waals surface area contributed by atoms with Crippen molar-refractivity contribution in [1.29, 1.82) is 0 Å². The largest absolute Gasteiger partial charge is 0.497 e. The van der Waals surface area contributed by atoms with Gasteiger partial charge in [0.15, 0.2) is 0 Å². The first-order valence-electron chi connectivity index (χ1n) is 6.08. The third kappa shape index (κ3) is 5.81. The summed E-state index contributed by atoms with van der Waals surface area (Å²) in [4.78, 5) is 33.0. The minimum Gasteiger partial charge on any atom is -0.497 e. The van der Waals surface area contributed by atoms with Crippen LogP contribution in [0.1, 0.15) is 12.8 Å². The molecule has 1 aromatic carbocycles. The molecular weight excluding hydrogens is 280 g/mol. The van der Waals surface area contributed by atoms with Crippen LogP contribution in [-0.2, 0) is 9.59 Å². The summed E-state index contributed by atoms with van der Waals surface area (Å²) >= 11 is 0. The van der Waals surface area contributed by atoms with Crippen LogP contribution < -0.4 is 15.4 Å². The molecule has 8 heteroatoms. The normalized spacial score (nSPS) is 11.3. The van der Waals surface area contributed by atoms with E-state index in [1.165, 1.54) is 7.11 Å². The topological polar surface area (TPSA) is 125 Å². The van der Waals surface area contributed by atoms with Crippen LogP contribution in [0.15, 0.2) is 24.3 Å². The Morgan fingerprint density at radius 2 is 1.81 bits per heavy atom. The smallest absolute Gasteiger partial charge is 0.326 e. The average molecular weight is 296 g/mol. The molecule has 4 N–H and O–H groups in total. The van der Waals surface area contributed by atoms with Crippen molar-refractivity contribution in [3.05, 3.63) is 24.3 Å². The maximum absolute atomic E-state index is 11.7. The van der Waals surface area contributed by atoms with Crippen LogP contribution in [0.25, 0.3) is 0 Å². The lowest BCUT2D eigenvalue weighted by molar-refractivity contribution is -0.140. The second-order valence-corrected chi connectivity index (χ2v) is 4.15. The van der Waals surface area contributed by atoms with Gasteiger partial charge in [0.25, 0.3) is 0 Å². The molecule has 0 saturated carbocycles. The molecule has 0 aromatic heterocycles. The Morgan fingerprint density at radius 3 is 2.29 bits per heavy atom. The molecule has 0 aliphatic carbocycles. The van der Waals surface area contributed by atoms with Gasteiger partial charge in [-0.3, -0.25) is 4.79 Å². The number of anilines is 1. The number of urea groups is 1. The molecule has 0 bridgehead atoms. The fraction of sp³-hybridized carbons (Fsp3) is 0.308. The van der Waals surface area contributed by atoms with Gasteiger partial charge in [-0.1, -0.05) is 0 Å². The summed E-state index contributed by atoms with van der Waals surface area (Å²) in [6, 6.07) is 4.46. The number of carboxylic acid groups (broad SMARTS) is 2. The summed E-state index contributed by atoms with van der Waals surface area (Å²) in [5.41, 5.74) is 0.454. The van der Waals surface area contributed by atoms with Crippen LogP contribution in [0.2, 0.25) is 0 Å². The Morgan fingerprint density at radius 1 is 1.19 bits per heavy atom. The molecule has 1 aromatic rings. The number of carboxylic acids is 2. The highest BCUT2D eigenvalue weighted by Gasteiger charge is 2.20. The number of amides is 2. The molecule has 8 nitrogen and oxygen atoms in total. The van der Waals surface area contributed by atoms with Gasteiger partial charge in [0.1, 0.15) is 11.8 Å². The van der Waals surface area contributed by atoms with Crippen LogP contribution in [0.5, 0.6) is 5.75 Å². The highest BCUT2D eigenvalue weighted by molar-refractivity contribution is 5.92. The van der Waals surface area contributed by atoms with E-state index in [4.69, 9.17) is 14.9 Å². The highest BCUT2D eigenvalue weighted by Crippen LogP contribution is 2.14. The molecular formula is C13H16N2O6. The van der Waals surface area contributed by atoms with Gasteiger partial charge in [-0.25, -0.2) is 9.59 Å². The van der Waals surface area contributed by atoms with Crippen molar-refractivity contribution in [3.63, 3.8) is 0 Å². The molecule has 0 aliphatic heterocycles. The summed E-state index contributed by atoms with van der Waals surface area (Å²) in [6.45, 7) is 0. The number of hydrogen-bond donors (Lipinski definition) is 4. The van der Waals surface area contributed by atoms with E-state index in [-0.39, 0.29) is 12.8 Å². The first-order valence-corrected chi connectivity index (χ1v) is 6.08. The maximum atomic E-state index is 11.7. The van der Waals surface area contributed by atoms with Crippen molar-refractivity contribution in [2.24, 2.45) is 0 Å². The fourth-order valence-electron chi connectivity index (χ4n) is 1.52. The van der Waals surface area contributed by atoms with Crippen molar-refractivity contribution >= 4 is 23.7 Å². The van der Waals surface area contributed by atoms with E-state index in [9.17, 15) is 14.4 Å². The first kappa shape index (κ1) is 16.3. The predicted octanol–water partition coefficient (Wildman–Crippen LogP) is 1.13. The predicted molar refractivity (Wildman–Crippen MR) is 73.4 cm³/mol. The molecule has 0 spiro atoms. The van der Waals surface area contributed by atoms with Gasteiger partial charge in [-0.05, 0) is 30.7 Å². The Hall–Kier alpha value is -2.77. The van der Waals surface area contributed by atoms with Gasteiger partial charge in [-0.15, -0.1) is 0 Å². The van der Waals surface area contributed by atoms with Gasteiger partial charge >= 0.3 is 18.0 Å². The van der Waals surface area contributed by atoms with E-state index >= 15 is 0 Å². The van der Waals surface area contributed by atoms with Crippen molar-refractivity contribution in [3.8, 4) is 5.75 Å². The van der Waals surface area contributed by atoms with Crippen LogP contribution in [-0.4, -0.2) is 41.3 Å². The Balaban J connectivity index is 2.56. The van der Waals surface area contributed by atoms with Crippen LogP contribution in [0.4, 0.5) is 10.5 Å². The zero-order chi connectivity index (χ0) is 15.8. The number of carbonyl (C=O) groups excluding carboxylic acids is 1. The van der Waals surface area contributed by atoms with Gasteiger partial charge < -0.3 is 25.6 Å². The lowest BCUT2D eigenvalue weighted by atomic mass is 10.1. The third-order valence-electron chi connectivity index (χ3n) is 2.60. The zero-order valence-corrected chi connectivity index (χ0v) is 11.3. The summed E-state index contributed by atoms with van der Waals surface area (Å²) in [5.74, 6) is -1.80. The van der Waals surface area contributed by atoms with E-state index in [1.807, 2.05) is 0 Å². The molecule has 0 radical (unpaired) electrons. The minimum absolute atomic E-state index is 0.194. The van der Waals surface area contributed by atoms with Crippen molar-refractivity contribution in [1.82, 2.24) is 5.32 Å². The second kappa shape index (κ2) is 7.73. The summed E-state index contributed by atoms with van der Waals surface area (Å²) in [6.07, 6.45) is -0.541. The lowest BCUT2D eigenvalue weighted by Gasteiger charge is -2.14. The molecule has 0 heterocycles. The molecule has 114 valence electrons. The Kier molecular flexibility index (Phi) is 5.99. The molecule has 21 heavy (non-hydrogen) atoms. The Labute approximate surface area is 120 Å². The summed E-state index contributed by atoms with van der Waals surface area (Å²) in [5, 5.41) is 22.1. The lowest BCUT2D eigenvalue weighted by Crippen LogP contribution is -2.43. The van der Waals surface area contributed by atoms with E-state index in [0.717, 1.165) is 0 Å². The number of hydrogen-bond acceptors (Lipinski definition) is 4. The van der Waals surface area contributed by atoms with Crippen LogP contribution in [0, 0.1) is 0 Å². The van der Waals surface area contributed by atoms with Crippen LogP contribution in [0.3, 0.4) is 0 Å². The van der Waals surface area contributed by atoms with Crippen LogP contribution >= 0.6 is 0 Å². The monoisotopic (exact) mass is 296 g/mol. The number of carbonyl (C=O) groups is 3. The molecule has 0 fully saturated rings. The highest BCUT2D eigenvalue weighted by atomic mass is 16.5. The summed E-state index contributed by atoms with van der Waals surface area (Å²) < 4.78 is 4.96. The van der Waals surface area contributed by atoms with Gasteiger partial charge in [0.2, 0.25) is 0 Å². The SMILES string of the molecule is COc1ccc(NC(=O)NC(CCC(=O)O)C(=O)O)cc1. The average Bonchev–Trinajstić information content (AvgIpc) is 2.43. The maximum Gasteiger partial charge on any atom is 0.326 e. The van der Waals surface area contributed by atoms with Gasteiger partial charge in [0.05, 0.1) is 7.11 Å². The second-order valence-electron chi connectivity index (χ2n) is 4.15. The van der Waals surface area contributed by atoms with Crippen molar-refractivity contribution in [2.45, 2.75) is 18.9 Å². The number of nitrogens with one attached hydrogen (secondary N) is 2. The number of methoxy groups -OCH3 is 1. The van der Waals surface area contributed by atoms with E-state index in [0.29, 0.717) is 11.4 Å². The molecule has 1 rings (SSSR count). The van der Waals surface area contributed by atoms with Crippen molar-refractivity contribution < 1.29 is 29.3 Å². The standard InChI is InChI=1S/C13H16N2O6/c1-21-9-4-2-8(3-5-9)14-13(20)15-10(12(18)19)6-7-11(16)17/h2-5,10H,6-7H2,1H3,(H,16,17)(H,18,19)(H2,14,15,20). The number of aliphatic carboxylic acids is 2. The minimum atomic E-state index is -1.29. The van der Waals surface area contributed by atoms with E-state index in [2.05, 4.69) is 10.6 Å². The van der Waals surface area contributed by atoms with Gasteiger partial charge in [0, 0.05) is 12.1 Å². The molecule has 2 amide bonds. The van der Waals surface area contributed by atoms with E-state index in [1.54, 1.807) is 24.3 Å². The molecule has 1 unspecified atom stereocenters. The fourth-order valence-corrected chi connectivity index (χ4v) is 1.52. The molecule has 0 aliphatic rings. The number of benzene rings is 1. The number of rotatable bonds is 7. The summed E-state index contributed by atoms with van der Waals surface area (Å²) in [7, 11) is 1.51. The number of ether oxygens (including phenoxy) is 1. The van der Waals surface area contributed by atoms with Gasteiger partial charge in [-0.2, -0.15) is 0 Å². The first-order chi connectivity index (χ1) is 9.92.